The smallest absolute Gasteiger partial charge is 0.0582 e. The fourth-order valence-corrected chi connectivity index (χ4v) is 2.32. The third kappa shape index (κ3) is 2.39. The van der Waals surface area contributed by atoms with E-state index >= 15 is 0 Å². The molecule has 15 heavy (non-hydrogen) atoms. The monoisotopic (exact) mass is 205 g/mol. The Labute approximate surface area is 91.3 Å². The summed E-state index contributed by atoms with van der Waals surface area (Å²) in [5, 5.41) is 12.5. The van der Waals surface area contributed by atoms with Crippen molar-refractivity contribution in [2.24, 2.45) is 0 Å². The van der Waals surface area contributed by atoms with Crippen LogP contribution in [0.5, 0.6) is 0 Å². The highest BCUT2D eigenvalue weighted by Gasteiger charge is 2.20. The number of aryl methyl sites for hydroxylation is 1. The minimum absolute atomic E-state index is 0.182. The Morgan fingerprint density at radius 2 is 2.27 bits per heavy atom. The van der Waals surface area contributed by atoms with Crippen molar-refractivity contribution in [2.75, 3.05) is 6.61 Å². The number of rotatable bonds is 3. The van der Waals surface area contributed by atoms with Crippen molar-refractivity contribution in [3.8, 4) is 0 Å². The van der Waals surface area contributed by atoms with E-state index in [9.17, 15) is 0 Å². The van der Waals surface area contributed by atoms with Crippen LogP contribution in [0.2, 0.25) is 0 Å². The van der Waals surface area contributed by atoms with Gasteiger partial charge in [0.1, 0.15) is 0 Å². The van der Waals surface area contributed by atoms with Crippen LogP contribution in [0.4, 0.5) is 0 Å². The number of hydrogen-bond acceptors (Lipinski definition) is 2. The second kappa shape index (κ2) is 4.77. The Morgan fingerprint density at radius 1 is 1.47 bits per heavy atom. The highest BCUT2D eigenvalue weighted by atomic mass is 16.3. The van der Waals surface area contributed by atoms with Crippen LogP contribution in [-0.2, 0) is 6.42 Å². The molecule has 0 heterocycles. The summed E-state index contributed by atoms with van der Waals surface area (Å²) in [6, 6.07) is 9.24. The number of fused-ring (bicyclic) bond motifs is 1. The molecule has 1 aromatic carbocycles. The predicted molar refractivity (Wildman–Crippen MR) is 61.8 cm³/mol. The summed E-state index contributed by atoms with van der Waals surface area (Å²) in [5.74, 6) is 0. The van der Waals surface area contributed by atoms with Gasteiger partial charge in [-0.1, -0.05) is 24.3 Å². The lowest BCUT2D eigenvalue weighted by molar-refractivity contribution is 0.236. The Hall–Kier alpha value is -0.860. The SMILES string of the molecule is C[C@H](CO)NC1CCCc2ccccc21. The van der Waals surface area contributed by atoms with Crippen LogP contribution >= 0.6 is 0 Å². The molecule has 0 fully saturated rings. The largest absolute Gasteiger partial charge is 0.395 e. The summed E-state index contributed by atoms with van der Waals surface area (Å²) >= 11 is 0. The Balaban J connectivity index is 2.15. The third-order valence-corrected chi connectivity index (χ3v) is 3.13. The second-order valence-electron chi connectivity index (χ2n) is 4.39. The topological polar surface area (TPSA) is 32.3 Å². The van der Waals surface area contributed by atoms with Gasteiger partial charge in [0.15, 0.2) is 0 Å². The molecule has 0 saturated heterocycles. The van der Waals surface area contributed by atoms with Crippen LogP contribution in [0.25, 0.3) is 0 Å². The third-order valence-electron chi connectivity index (χ3n) is 3.13. The summed E-state index contributed by atoms with van der Waals surface area (Å²) in [6.07, 6.45) is 3.62. The molecule has 1 aliphatic rings. The highest BCUT2D eigenvalue weighted by Crippen LogP contribution is 2.29. The maximum atomic E-state index is 9.05. The molecule has 0 saturated carbocycles. The number of hydrogen-bond donors (Lipinski definition) is 2. The van der Waals surface area contributed by atoms with Crippen molar-refractivity contribution < 1.29 is 5.11 Å². The van der Waals surface area contributed by atoms with Crippen molar-refractivity contribution >= 4 is 0 Å². The van der Waals surface area contributed by atoms with Gasteiger partial charge in [-0.05, 0) is 37.3 Å². The van der Waals surface area contributed by atoms with Crippen molar-refractivity contribution in [2.45, 2.75) is 38.3 Å². The first kappa shape index (κ1) is 10.7. The van der Waals surface area contributed by atoms with E-state index in [0.717, 1.165) is 0 Å². The fourth-order valence-electron chi connectivity index (χ4n) is 2.32. The zero-order chi connectivity index (χ0) is 10.7. The summed E-state index contributed by atoms with van der Waals surface area (Å²) in [4.78, 5) is 0. The molecule has 1 aromatic rings. The molecular weight excluding hydrogens is 186 g/mol. The Morgan fingerprint density at radius 3 is 3.07 bits per heavy atom. The van der Waals surface area contributed by atoms with E-state index in [0.29, 0.717) is 6.04 Å². The number of benzene rings is 1. The van der Waals surface area contributed by atoms with Gasteiger partial charge < -0.3 is 10.4 Å². The van der Waals surface area contributed by atoms with Gasteiger partial charge in [-0.25, -0.2) is 0 Å². The molecule has 0 aromatic heterocycles. The van der Waals surface area contributed by atoms with Crippen LogP contribution in [-0.4, -0.2) is 17.8 Å². The fraction of sp³-hybridized carbons (Fsp3) is 0.538. The molecule has 0 radical (unpaired) electrons. The number of aliphatic hydroxyl groups excluding tert-OH is 1. The zero-order valence-electron chi connectivity index (χ0n) is 9.24. The van der Waals surface area contributed by atoms with Gasteiger partial charge in [0.2, 0.25) is 0 Å². The van der Waals surface area contributed by atoms with E-state index in [1.54, 1.807) is 0 Å². The molecule has 0 bridgehead atoms. The molecule has 0 spiro atoms. The summed E-state index contributed by atoms with van der Waals surface area (Å²) in [5.41, 5.74) is 2.88. The van der Waals surface area contributed by atoms with Crippen LogP contribution in [0.15, 0.2) is 24.3 Å². The van der Waals surface area contributed by atoms with E-state index in [4.69, 9.17) is 5.11 Å². The molecule has 2 nitrogen and oxygen atoms in total. The Bertz CT molecular complexity index is 324. The molecule has 82 valence electrons. The van der Waals surface area contributed by atoms with Crippen molar-refractivity contribution in [3.63, 3.8) is 0 Å². The van der Waals surface area contributed by atoms with Gasteiger partial charge in [-0.15, -0.1) is 0 Å². The predicted octanol–water partition coefficient (Wildman–Crippen LogP) is 2.03. The lowest BCUT2D eigenvalue weighted by atomic mass is 9.87. The van der Waals surface area contributed by atoms with E-state index in [2.05, 4.69) is 29.6 Å². The Kier molecular flexibility index (Phi) is 3.39. The molecule has 2 N–H and O–H groups in total. The second-order valence-corrected chi connectivity index (χ2v) is 4.39. The van der Waals surface area contributed by atoms with Gasteiger partial charge >= 0.3 is 0 Å². The first-order valence-corrected chi connectivity index (χ1v) is 5.76. The van der Waals surface area contributed by atoms with E-state index in [1.165, 1.54) is 30.4 Å². The quantitative estimate of drug-likeness (QED) is 0.791. The molecule has 0 amide bonds. The van der Waals surface area contributed by atoms with Crippen LogP contribution < -0.4 is 5.32 Å². The maximum absolute atomic E-state index is 9.05. The standard InChI is InChI=1S/C13H19NO/c1-10(9-15)14-13-8-4-6-11-5-2-3-7-12(11)13/h2-3,5,7,10,13-15H,4,6,8-9H2,1H3/t10-,13?/m1/s1. The molecule has 2 heteroatoms. The van der Waals surface area contributed by atoms with Gasteiger partial charge in [0.05, 0.1) is 6.61 Å². The molecule has 1 unspecified atom stereocenters. The normalized spacial score (nSPS) is 22.1. The minimum Gasteiger partial charge on any atom is -0.395 e. The van der Waals surface area contributed by atoms with Crippen molar-refractivity contribution in [3.05, 3.63) is 35.4 Å². The molecule has 1 aliphatic carbocycles. The van der Waals surface area contributed by atoms with Crippen LogP contribution in [0.1, 0.15) is 36.9 Å². The van der Waals surface area contributed by atoms with Crippen LogP contribution in [0, 0.1) is 0 Å². The highest BCUT2D eigenvalue weighted by molar-refractivity contribution is 5.32. The first-order chi connectivity index (χ1) is 7.31. The summed E-state index contributed by atoms with van der Waals surface area (Å²) < 4.78 is 0. The first-order valence-electron chi connectivity index (χ1n) is 5.76. The van der Waals surface area contributed by atoms with E-state index in [-0.39, 0.29) is 12.6 Å². The van der Waals surface area contributed by atoms with E-state index < -0.39 is 0 Å². The molecule has 2 atom stereocenters. The van der Waals surface area contributed by atoms with Gasteiger partial charge in [-0.3, -0.25) is 0 Å². The average molecular weight is 205 g/mol. The number of aliphatic hydroxyl groups is 1. The zero-order valence-corrected chi connectivity index (χ0v) is 9.24. The summed E-state index contributed by atoms with van der Waals surface area (Å²) in [6.45, 7) is 2.23. The maximum Gasteiger partial charge on any atom is 0.0582 e. The molecule has 0 aliphatic heterocycles. The molecular formula is C13H19NO. The molecule has 2 rings (SSSR count). The average Bonchev–Trinajstić information content (AvgIpc) is 2.29. The van der Waals surface area contributed by atoms with Crippen molar-refractivity contribution in [1.29, 1.82) is 0 Å². The van der Waals surface area contributed by atoms with Gasteiger partial charge in [-0.2, -0.15) is 0 Å². The van der Waals surface area contributed by atoms with Crippen molar-refractivity contribution in [1.82, 2.24) is 5.32 Å². The minimum atomic E-state index is 0.182. The lowest BCUT2D eigenvalue weighted by Crippen LogP contribution is -2.34. The van der Waals surface area contributed by atoms with E-state index in [1.807, 2.05) is 6.92 Å². The van der Waals surface area contributed by atoms with Gasteiger partial charge in [0.25, 0.3) is 0 Å². The van der Waals surface area contributed by atoms with Crippen LogP contribution in [0.3, 0.4) is 0 Å². The van der Waals surface area contributed by atoms with Gasteiger partial charge in [0, 0.05) is 12.1 Å². The summed E-state index contributed by atoms with van der Waals surface area (Å²) in [7, 11) is 0. The lowest BCUT2D eigenvalue weighted by Gasteiger charge is -2.28. The number of nitrogens with one attached hydrogen (secondary N) is 1.